The minimum absolute atomic E-state index is 0.230. The summed E-state index contributed by atoms with van der Waals surface area (Å²) in [7, 11) is 0. The second-order valence-corrected chi connectivity index (χ2v) is 4.17. The van der Waals surface area contributed by atoms with Crippen LogP contribution in [0, 0.1) is 5.82 Å². The predicted molar refractivity (Wildman–Crippen MR) is 56.2 cm³/mol. The lowest BCUT2D eigenvalue weighted by Gasteiger charge is -2.00. The largest absolute Gasteiger partial charge is 0.207 e. The van der Waals surface area contributed by atoms with Crippen molar-refractivity contribution in [1.82, 2.24) is 0 Å². The number of halogens is 1. The molecule has 0 nitrogen and oxygen atoms in total. The summed E-state index contributed by atoms with van der Waals surface area (Å²) in [6.45, 7) is 2.02. The Hall–Kier alpha value is -0.410. The molecule has 0 heterocycles. The van der Waals surface area contributed by atoms with Gasteiger partial charge in [-0.25, -0.2) is 4.39 Å². The molecular formula is C9H9FS2. The van der Waals surface area contributed by atoms with Crippen LogP contribution in [0.15, 0.2) is 24.3 Å². The van der Waals surface area contributed by atoms with Crippen molar-refractivity contribution in [2.45, 2.75) is 6.92 Å². The van der Waals surface area contributed by atoms with Crippen LogP contribution in [0.25, 0.3) is 0 Å². The van der Waals surface area contributed by atoms with Crippen LogP contribution < -0.4 is 0 Å². The van der Waals surface area contributed by atoms with Gasteiger partial charge in [-0.2, -0.15) is 0 Å². The van der Waals surface area contributed by atoms with Crippen LogP contribution in [0.4, 0.5) is 4.39 Å². The van der Waals surface area contributed by atoms with Crippen LogP contribution >= 0.6 is 24.0 Å². The fourth-order valence-electron chi connectivity index (χ4n) is 0.830. The second kappa shape index (κ2) is 4.58. The molecule has 0 radical (unpaired) electrons. The van der Waals surface area contributed by atoms with Gasteiger partial charge >= 0.3 is 0 Å². The van der Waals surface area contributed by atoms with Gasteiger partial charge in [0.05, 0.1) is 4.20 Å². The molecule has 0 unspecified atom stereocenters. The molecule has 3 heteroatoms. The number of thiocarbonyl (C=S) groups is 1. The van der Waals surface area contributed by atoms with Crippen molar-refractivity contribution in [3.8, 4) is 0 Å². The highest BCUT2D eigenvalue weighted by atomic mass is 32.2. The molecule has 0 aliphatic carbocycles. The van der Waals surface area contributed by atoms with Crippen LogP contribution in [-0.2, 0) is 0 Å². The van der Waals surface area contributed by atoms with E-state index in [9.17, 15) is 4.39 Å². The molecular weight excluding hydrogens is 191 g/mol. The Kier molecular flexibility index (Phi) is 3.69. The molecule has 0 N–H and O–H groups in total. The highest BCUT2D eigenvalue weighted by Gasteiger charge is 2.00. The molecule has 0 amide bonds. The molecule has 0 aromatic heterocycles. The van der Waals surface area contributed by atoms with Crippen molar-refractivity contribution in [3.05, 3.63) is 35.6 Å². The Labute approximate surface area is 81.2 Å². The molecule has 1 aromatic rings. The first kappa shape index (κ1) is 9.68. The lowest BCUT2D eigenvalue weighted by Crippen LogP contribution is -1.92. The maximum Gasteiger partial charge on any atom is 0.123 e. The maximum absolute atomic E-state index is 12.7. The zero-order valence-electron chi connectivity index (χ0n) is 6.71. The van der Waals surface area contributed by atoms with Gasteiger partial charge < -0.3 is 0 Å². The summed E-state index contributed by atoms with van der Waals surface area (Å²) in [5.41, 5.74) is 0.803. The quantitative estimate of drug-likeness (QED) is 0.672. The third-order valence-electron chi connectivity index (χ3n) is 1.34. The van der Waals surface area contributed by atoms with Gasteiger partial charge in [0, 0.05) is 5.56 Å². The summed E-state index contributed by atoms with van der Waals surface area (Å²) in [5, 5.41) is 0. The van der Waals surface area contributed by atoms with E-state index in [-0.39, 0.29) is 5.82 Å². The molecule has 0 spiro atoms. The van der Waals surface area contributed by atoms with Crippen LogP contribution in [0.2, 0.25) is 0 Å². The van der Waals surface area contributed by atoms with E-state index >= 15 is 0 Å². The van der Waals surface area contributed by atoms with Crippen molar-refractivity contribution in [3.63, 3.8) is 0 Å². The summed E-state index contributed by atoms with van der Waals surface area (Å²) < 4.78 is 13.5. The summed E-state index contributed by atoms with van der Waals surface area (Å²) in [6, 6.07) is 6.38. The molecule has 64 valence electrons. The number of rotatable bonds is 2. The van der Waals surface area contributed by atoms with E-state index < -0.39 is 0 Å². The van der Waals surface area contributed by atoms with E-state index in [0.29, 0.717) is 0 Å². The van der Waals surface area contributed by atoms with Gasteiger partial charge in [-0.15, -0.1) is 11.8 Å². The SMILES string of the molecule is CCSC(=S)c1cccc(F)c1. The molecule has 0 aliphatic rings. The van der Waals surface area contributed by atoms with Crippen molar-refractivity contribution in [2.24, 2.45) is 0 Å². The van der Waals surface area contributed by atoms with Crippen LogP contribution in [-0.4, -0.2) is 9.95 Å². The van der Waals surface area contributed by atoms with E-state index in [1.54, 1.807) is 17.8 Å². The summed E-state index contributed by atoms with van der Waals surface area (Å²) in [6.07, 6.45) is 0. The van der Waals surface area contributed by atoms with Gasteiger partial charge in [0.25, 0.3) is 0 Å². The predicted octanol–water partition coefficient (Wildman–Crippen LogP) is 3.25. The van der Waals surface area contributed by atoms with E-state index in [1.165, 1.54) is 12.1 Å². The third-order valence-corrected chi connectivity index (χ3v) is 2.71. The first-order valence-electron chi connectivity index (χ1n) is 3.66. The normalized spacial score (nSPS) is 9.83. The van der Waals surface area contributed by atoms with E-state index in [4.69, 9.17) is 12.2 Å². The van der Waals surface area contributed by atoms with Gasteiger partial charge in [0.2, 0.25) is 0 Å². The number of thioether (sulfide) groups is 1. The number of benzene rings is 1. The van der Waals surface area contributed by atoms with Crippen LogP contribution in [0.1, 0.15) is 12.5 Å². The Balaban J connectivity index is 2.81. The Morgan fingerprint density at radius 1 is 1.58 bits per heavy atom. The van der Waals surface area contributed by atoms with Gasteiger partial charge in [0.15, 0.2) is 0 Å². The number of hydrogen-bond acceptors (Lipinski definition) is 2. The standard InChI is InChI=1S/C9H9FS2/c1-2-12-9(11)7-4-3-5-8(10)6-7/h3-6H,2H2,1H3. The van der Waals surface area contributed by atoms with E-state index in [1.807, 2.05) is 13.0 Å². The Morgan fingerprint density at radius 2 is 2.33 bits per heavy atom. The first-order chi connectivity index (χ1) is 5.74. The highest BCUT2D eigenvalue weighted by Crippen LogP contribution is 2.14. The molecule has 12 heavy (non-hydrogen) atoms. The molecule has 1 aromatic carbocycles. The van der Waals surface area contributed by atoms with Crippen molar-refractivity contribution < 1.29 is 4.39 Å². The topological polar surface area (TPSA) is 0 Å². The molecule has 1 rings (SSSR count). The van der Waals surface area contributed by atoms with Gasteiger partial charge in [-0.3, -0.25) is 0 Å². The molecule has 0 saturated carbocycles. The minimum atomic E-state index is -0.230. The minimum Gasteiger partial charge on any atom is -0.207 e. The van der Waals surface area contributed by atoms with Crippen molar-refractivity contribution in [2.75, 3.05) is 5.75 Å². The average Bonchev–Trinajstić information content (AvgIpc) is 2.05. The molecule has 0 atom stereocenters. The maximum atomic E-state index is 12.7. The lowest BCUT2D eigenvalue weighted by molar-refractivity contribution is 0.627. The second-order valence-electron chi connectivity index (χ2n) is 2.23. The van der Waals surface area contributed by atoms with Gasteiger partial charge in [-0.05, 0) is 17.9 Å². The van der Waals surface area contributed by atoms with Gasteiger partial charge in [0.1, 0.15) is 5.82 Å². The van der Waals surface area contributed by atoms with Crippen LogP contribution in [0.3, 0.4) is 0 Å². The monoisotopic (exact) mass is 200 g/mol. The Morgan fingerprint density at radius 3 is 2.92 bits per heavy atom. The smallest absolute Gasteiger partial charge is 0.123 e. The summed E-state index contributed by atoms with van der Waals surface area (Å²) >= 11 is 6.63. The van der Waals surface area contributed by atoms with Crippen molar-refractivity contribution >= 4 is 28.2 Å². The van der Waals surface area contributed by atoms with Crippen LogP contribution in [0.5, 0.6) is 0 Å². The fraction of sp³-hybridized carbons (Fsp3) is 0.222. The third kappa shape index (κ3) is 2.57. The zero-order valence-corrected chi connectivity index (χ0v) is 8.34. The highest BCUT2D eigenvalue weighted by molar-refractivity contribution is 8.23. The van der Waals surface area contributed by atoms with E-state index in [0.717, 1.165) is 15.5 Å². The molecule has 0 saturated heterocycles. The molecule has 0 fully saturated rings. The van der Waals surface area contributed by atoms with E-state index in [2.05, 4.69) is 0 Å². The van der Waals surface area contributed by atoms with Crippen molar-refractivity contribution in [1.29, 1.82) is 0 Å². The lowest BCUT2D eigenvalue weighted by atomic mass is 10.2. The zero-order chi connectivity index (χ0) is 8.97. The molecule has 0 bridgehead atoms. The fourth-order valence-corrected chi connectivity index (χ4v) is 1.87. The molecule has 0 aliphatic heterocycles. The average molecular weight is 200 g/mol. The Bertz CT molecular complexity index is 284. The summed E-state index contributed by atoms with van der Waals surface area (Å²) in [5.74, 6) is 0.696. The van der Waals surface area contributed by atoms with Gasteiger partial charge in [-0.1, -0.05) is 31.3 Å². The summed E-state index contributed by atoms with van der Waals surface area (Å²) in [4.78, 5) is 0. The number of hydrogen-bond donors (Lipinski definition) is 0. The first-order valence-corrected chi connectivity index (χ1v) is 5.06.